The maximum Gasteiger partial charge on any atom is 0.00106 e. The molecule has 0 spiro atoms. The van der Waals surface area contributed by atoms with Crippen LogP contribution in [-0.4, -0.2) is 19.1 Å². The van der Waals surface area contributed by atoms with Gasteiger partial charge in [-0.25, -0.2) is 0 Å². The highest BCUT2D eigenvalue weighted by Gasteiger charge is 2.24. The van der Waals surface area contributed by atoms with Crippen molar-refractivity contribution in [2.24, 2.45) is 17.1 Å². The molecule has 74 valence electrons. The maximum atomic E-state index is 5.64. The average Bonchev–Trinajstić information content (AvgIpc) is 1.99. The molecule has 2 heteroatoms. The summed E-state index contributed by atoms with van der Waals surface area (Å²) in [6, 6.07) is 0.564. The largest absolute Gasteiger partial charge is 0.330 e. The molecule has 0 heterocycles. The van der Waals surface area contributed by atoms with E-state index in [1.807, 2.05) is 0 Å². The molecule has 0 aliphatic carbocycles. The molecule has 0 saturated heterocycles. The van der Waals surface area contributed by atoms with Crippen LogP contribution >= 0.6 is 0 Å². The van der Waals surface area contributed by atoms with E-state index in [-0.39, 0.29) is 0 Å². The van der Waals surface area contributed by atoms with Crippen LogP contribution in [0.15, 0.2) is 0 Å². The van der Waals surface area contributed by atoms with Gasteiger partial charge < -0.3 is 11.1 Å². The lowest BCUT2D eigenvalue weighted by Gasteiger charge is -2.32. The van der Waals surface area contributed by atoms with Gasteiger partial charge in [0, 0.05) is 12.6 Å². The summed E-state index contributed by atoms with van der Waals surface area (Å²) in [5, 5.41) is 3.45. The van der Waals surface area contributed by atoms with E-state index in [1.165, 1.54) is 0 Å². The monoisotopic (exact) mass is 172 g/mol. The second kappa shape index (κ2) is 4.83. The Kier molecular flexibility index (Phi) is 4.80. The van der Waals surface area contributed by atoms with Crippen molar-refractivity contribution < 1.29 is 0 Å². The molecule has 0 aliphatic heterocycles. The third kappa shape index (κ3) is 4.07. The van der Waals surface area contributed by atoms with Gasteiger partial charge in [-0.2, -0.15) is 0 Å². The van der Waals surface area contributed by atoms with Gasteiger partial charge in [-0.05, 0) is 17.9 Å². The van der Waals surface area contributed by atoms with E-state index in [4.69, 9.17) is 5.73 Å². The van der Waals surface area contributed by atoms with Crippen molar-refractivity contribution in [3.05, 3.63) is 0 Å². The van der Waals surface area contributed by atoms with Gasteiger partial charge in [0.1, 0.15) is 0 Å². The molecule has 1 atom stereocenters. The van der Waals surface area contributed by atoms with E-state index in [9.17, 15) is 0 Å². The topological polar surface area (TPSA) is 38.0 Å². The molecule has 0 saturated carbocycles. The van der Waals surface area contributed by atoms with Gasteiger partial charge in [0.25, 0.3) is 0 Å². The Morgan fingerprint density at radius 3 is 2.08 bits per heavy atom. The van der Waals surface area contributed by atoms with E-state index in [2.05, 4.69) is 39.9 Å². The van der Waals surface area contributed by atoms with Crippen molar-refractivity contribution in [1.82, 2.24) is 5.32 Å². The van der Waals surface area contributed by atoms with E-state index >= 15 is 0 Å². The van der Waals surface area contributed by atoms with Gasteiger partial charge in [0.2, 0.25) is 0 Å². The van der Waals surface area contributed by atoms with Gasteiger partial charge in [-0.15, -0.1) is 0 Å². The SMILES string of the molecule is CC(C)NCC(C)(C)C(C)CN. The Hall–Kier alpha value is -0.0800. The first-order valence-electron chi connectivity index (χ1n) is 4.83. The second-order valence-electron chi connectivity index (χ2n) is 4.66. The lowest BCUT2D eigenvalue weighted by Crippen LogP contribution is -2.40. The predicted octanol–water partition coefficient (Wildman–Crippen LogP) is 1.61. The molecule has 0 aliphatic rings. The zero-order valence-electron chi connectivity index (χ0n) is 9.15. The van der Waals surface area contributed by atoms with Gasteiger partial charge in [0.05, 0.1) is 0 Å². The van der Waals surface area contributed by atoms with Gasteiger partial charge in [-0.3, -0.25) is 0 Å². The van der Waals surface area contributed by atoms with Gasteiger partial charge in [-0.1, -0.05) is 34.6 Å². The summed E-state index contributed by atoms with van der Waals surface area (Å²) in [5.74, 6) is 0.573. The fraction of sp³-hybridized carbons (Fsp3) is 1.00. The summed E-state index contributed by atoms with van der Waals surface area (Å²) in [6.45, 7) is 12.9. The van der Waals surface area contributed by atoms with Crippen molar-refractivity contribution in [3.8, 4) is 0 Å². The Bertz CT molecular complexity index is 119. The van der Waals surface area contributed by atoms with Crippen molar-refractivity contribution in [3.63, 3.8) is 0 Å². The third-order valence-corrected chi connectivity index (χ3v) is 2.65. The first-order chi connectivity index (χ1) is 5.40. The molecule has 12 heavy (non-hydrogen) atoms. The highest BCUT2D eigenvalue weighted by atomic mass is 14.9. The summed E-state index contributed by atoms with van der Waals surface area (Å²) < 4.78 is 0. The van der Waals surface area contributed by atoms with Gasteiger partial charge >= 0.3 is 0 Å². The first kappa shape index (κ1) is 11.9. The summed E-state index contributed by atoms with van der Waals surface area (Å²) in [6.07, 6.45) is 0. The number of rotatable bonds is 5. The second-order valence-corrected chi connectivity index (χ2v) is 4.66. The van der Waals surface area contributed by atoms with Crippen LogP contribution in [0.5, 0.6) is 0 Å². The van der Waals surface area contributed by atoms with Crippen LogP contribution in [0.25, 0.3) is 0 Å². The van der Waals surface area contributed by atoms with E-state index in [0.717, 1.165) is 13.1 Å². The van der Waals surface area contributed by atoms with Gasteiger partial charge in [0.15, 0.2) is 0 Å². The van der Waals surface area contributed by atoms with Crippen LogP contribution in [0.1, 0.15) is 34.6 Å². The van der Waals surface area contributed by atoms with Crippen LogP contribution in [0, 0.1) is 11.3 Å². The smallest absolute Gasteiger partial charge is 0.00106 e. The van der Waals surface area contributed by atoms with Crippen molar-refractivity contribution >= 4 is 0 Å². The highest BCUT2D eigenvalue weighted by Crippen LogP contribution is 2.24. The van der Waals surface area contributed by atoms with Crippen LogP contribution in [-0.2, 0) is 0 Å². The van der Waals surface area contributed by atoms with E-state index in [0.29, 0.717) is 17.4 Å². The minimum atomic E-state index is 0.305. The molecule has 0 rings (SSSR count). The number of hydrogen-bond donors (Lipinski definition) is 2. The summed E-state index contributed by atoms with van der Waals surface area (Å²) in [7, 11) is 0. The number of nitrogens with one attached hydrogen (secondary N) is 1. The molecular formula is C10H24N2. The zero-order chi connectivity index (χ0) is 9.78. The molecule has 3 N–H and O–H groups in total. The molecule has 0 fully saturated rings. The van der Waals surface area contributed by atoms with Crippen molar-refractivity contribution in [2.75, 3.05) is 13.1 Å². The molecule has 0 aromatic heterocycles. The van der Waals surface area contributed by atoms with Crippen LogP contribution < -0.4 is 11.1 Å². The molecular weight excluding hydrogens is 148 g/mol. The average molecular weight is 172 g/mol. The zero-order valence-corrected chi connectivity index (χ0v) is 9.15. The van der Waals surface area contributed by atoms with E-state index in [1.54, 1.807) is 0 Å². The maximum absolute atomic E-state index is 5.64. The first-order valence-corrected chi connectivity index (χ1v) is 4.83. The minimum Gasteiger partial charge on any atom is -0.330 e. The Morgan fingerprint density at radius 1 is 1.25 bits per heavy atom. The quantitative estimate of drug-likeness (QED) is 0.661. The fourth-order valence-electron chi connectivity index (χ4n) is 0.960. The molecule has 0 radical (unpaired) electrons. The summed E-state index contributed by atoms with van der Waals surface area (Å²) >= 11 is 0. The lowest BCUT2D eigenvalue weighted by molar-refractivity contribution is 0.221. The fourth-order valence-corrected chi connectivity index (χ4v) is 0.960. The molecule has 0 bridgehead atoms. The highest BCUT2D eigenvalue weighted by molar-refractivity contribution is 4.78. The van der Waals surface area contributed by atoms with Crippen LogP contribution in [0.2, 0.25) is 0 Å². The predicted molar refractivity (Wildman–Crippen MR) is 55.1 cm³/mol. The minimum absolute atomic E-state index is 0.305. The lowest BCUT2D eigenvalue weighted by atomic mass is 9.80. The van der Waals surface area contributed by atoms with Crippen LogP contribution in [0.3, 0.4) is 0 Å². The summed E-state index contributed by atoms with van der Waals surface area (Å²) in [4.78, 5) is 0. The molecule has 1 unspecified atom stereocenters. The van der Waals surface area contributed by atoms with E-state index < -0.39 is 0 Å². The number of nitrogens with two attached hydrogens (primary N) is 1. The summed E-state index contributed by atoms with van der Waals surface area (Å²) in [5.41, 5.74) is 5.94. The Balaban J connectivity index is 3.86. The standard InChI is InChI=1S/C10H24N2/c1-8(2)12-7-10(4,5)9(3)6-11/h8-9,12H,6-7,11H2,1-5H3. The Labute approximate surface area is 76.9 Å². The molecule has 0 aromatic rings. The Morgan fingerprint density at radius 2 is 1.75 bits per heavy atom. The third-order valence-electron chi connectivity index (χ3n) is 2.65. The van der Waals surface area contributed by atoms with Crippen molar-refractivity contribution in [2.45, 2.75) is 40.7 Å². The normalized spacial score (nSPS) is 15.2. The molecule has 0 aromatic carbocycles. The molecule has 0 amide bonds. The van der Waals surface area contributed by atoms with Crippen LogP contribution in [0.4, 0.5) is 0 Å². The number of hydrogen-bond acceptors (Lipinski definition) is 2. The van der Waals surface area contributed by atoms with Crippen molar-refractivity contribution in [1.29, 1.82) is 0 Å². The molecule has 2 nitrogen and oxygen atoms in total.